The summed E-state index contributed by atoms with van der Waals surface area (Å²) in [6, 6.07) is 1.82. The maximum atomic E-state index is 5.94. The highest BCUT2D eigenvalue weighted by molar-refractivity contribution is 6.29. The van der Waals surface area contributed by atoms with E-state index >= 15 is 0 Å². The summed E-state index contributed by atoms with van der Waals surface area (Å²) < 4.78 is 4.99. The van der Waals surface area contributed by atoms with Crippen LogP contribution in [0.5, 0.6) is 0 Å². The molecular weight excluding hydrogens is 212 g/mol. The molecule has 3 nitrogen and oxygen atoms in total. The molecule has 0 saturated carbocycles. The lowest BCUT2D eigenvalue weighted by molar-refractivity contribution is 0.200. The van der Waals surface area contributed by atoms with Gasteiger partial charge in [0, 0.05) is 18.9 Å². The Morgan fingerprint density at radius 1 is 1.33 bits per heavy atom. The van der Waals surface area contributed by atoms with Gasteiger partial charge in [-0.15, -0.1) is 0 Å². The van der Waals surface area contributed by atoms with E-state index in [0.29, 0.717) is 18.2 Å². The van der Waals surface area contributed by atoms with Crippen molar-refractivity contribution >= 4 is 11.6 Å². The molecule has 0 aliphatic carbocycles. The standard InChI is InChI=1S/C11H17ClN2O/c1-11(2,3)8-7-9(12)14-10(13-8)5-6-15-4/h7H,5-6H2,1-4H3. The molecule has 84 valence electrons. The third kappa shape index (κ3) is 3.76. The van der Waals surface area contributed by atoms with Gasteiger partial charge in [-0.25, -0.2) is 9.97 Å². The molecule has 0 spiro atoms. The van der Waals surface area contributed by atoms with Crippen molar-refractivity contribution < 1.29 is 4.74 Å². The van der Waals surface area contributed by atoms with Crippen LogP contribution in [0.2, 0.25) is 5.15 Å². The zero-order valence-corrected chi connectivity index (χ0v) is 10.4. The largest absolute Gasteiger partial charge is 0.384 e. The summed E-state index contributed by atoms with van der Waals surface area (Å²) in [6.07, 6.45) is 0.695. The third-order valence-corrected chi connectivity index (χ3v) is 2.23. The molecule has 1 aromatic rings. The van der Waals surface area contributed by atoms with Gasteiger partial charge in [-0.2, -0.15) is 0 Å². The lowest BCUT2D eigenvalue weighted by Gasteiger charge is -2.18. The zero-order chi connectivity index (χ0) is 11.5. The molecule has 0 fully saturated rings. The van der Waals surface area contributed by atoms with Gasteiger partial charge < -0.3 is 4.74 Å². The summed E-state index contributed by atoms with van der Waals surface area (Å²) >= 11 is 5.94. The predicted molar refractivity (Wildman–Crippen MR) is 61.3 cm³/mol. The fraction of sp³-hybridized carbons (Fsp3) is 0.636. The maximum Gasteiger partial charge on any atom is 0.133 e. The minimum atomic E-state index is -0.00555. The summed E-state index contributed by atoms with van der Waals surface area (Å²) in [4.78, 5) is 8.63. The predicted octanol–water partition coefficient (Wildman–Crippen LogP) is 2.62. The van der Waals surface area contributed by atoms with Gasteiger partial charge in [0.05, 0.1) is 12.3 Å². The second-order valence-corrected chi connectivity index (χ2v) is 4.87. The van der Waals surface area contributed by atoms with E-state index in [-0.39, 0.29) is 5.41 Å². The number of ether oxygens (including phenoxy) is 1. The molecule has 0 atom stereocenters. The van der Waals surface area contributed by atoms with Crippen molar-refractivity contribution in [2.24, 2.45) is 0 Å². The quantitative estimate of drug-likeness (QED) is 0.746. The summed E-state index contributed by atoms with van der Waals surface area (Å²) in [6.45, 7) is 6.92. The number of aromatic nitrogens is 2. The van der Waals surface area contributed by atoms with E-state index in [9.17, 15) is 0 Å². The van der Waals surface area contributed by atoms with E-state index in [1.807, 2.05) is 6.07 Å². The number of rotatable bonds is 3. The van der Waals surface area contributed by atoms with Crippen molar-refractivity contribution in [1.29, 1.82) is 0 Å². The Morgan fingerprint density at radius 3 is 2.53 bits per heavy atom. The average Bonchev–Trinajstić information content (AvgIpc) is 2.12. The van der Waals surface area contributed by atoms with Gasteiger partial charge >= 0.3 is 0 Å². The van der Waals surface area contributed by atoms with Crippen LogP contribution >= 0.6 is 11.6 Å². The van der Waals surface area contributed by atoms with Crippen LogP contribution in [0.1, 0.15) is 32.3 Å². The first-order valence-electron chi connectivity index (χ1n) is 4.96. The Bertz CT molecular complexity index is 334. The molecule has 0 bridgehead atoms. The summed E-state index contributed by atoms with van der Waals surface area (Å²) in [5.74, 6) is 0.745. The molecule has 0 saturated heterocycles. The van der Waals surface area contributed by atoms with E-state index in [1.54, 1.807) is 7.11 Å². The minimum Gasteiger partial charge on any atom is -0.384 e. The van der Waals surface area contributed by atoms with Crippen molar-refractivity contribution in [3.05, 3.63) is 22.7 Å². The fourth-order valence-electron chi connectivity index (χ4n) is 1.15. The normalized spacial score (nSPS) is 11.8. The summed E-state index contributed by atoms with van der Waals surface area (Å²) in [7, 11) is 1.66. The van der Waals surface area contributed by atoms with Crippen LogP contribution in [0.3, 0.4) is 0 Å². The van der Waals surface area contributed by atoms with E-state index in [0.717, 1.165) is 11.5 Å². The molecule has 15 heavy (non-hydrogen) atoms. The van der Waals surface area contributed by atoms with Crippen LogP contribution in [0.15, 0.2) is 6.07 Å². The topological polar surface area (TPSA) is 35.0 Å². The first-order valence-corrected chi connectivity index (χ1v) is 5.34. The van der Waals surface area contributed by atoms with E-state index < -0.39 is 0 Å². The number of hydrogen-bond acceptors (Lipinski definition) is 3. The lowest BCUT2D eigenvalue weighted by atomic mass is 9.92. The van der Waals surface area contributed by atoms with Gasteiger partial charge in [-0.1, -0.05) is 32.4 Å². The van der Waals surface area contributed by atoms with Gasteiger partial charge in [0.15, 0.2) is 0 Å². The highest BCUT2D eigenvalue weighted by Crippen LogP contribution is 2.22. The Kier molecular flexibility index (Phi) is 4.05. The molecule has 0 amide bonds. The average molecular weight is 229 g/mol. The molecule has 1 rings (SSSR count). The van der Waals surface area contributed by atoms with Gasteiger partial charge in [-0.3, -0.25) is 0 Å². The molecule has 0 unspecified atom stereocenters. The number of hydrogen-bond donors (Lipinski definition) is 0. The van der Waals surface area contributed by atoms with Crippen LogP contribution in [-0.2, 0) is 16.6 Å². The minimum absolute atomic E-state index is 0.00555. The van der Waals surface area contributed by atoms with Crippen LogP contribution in [0.4, 0.5) is 0 Å². The van der Waals surface area contributed by atoms with Gasteiger partial charge in [-0.05, 0) is 6.07 Å². The molecule has 0 aliphatic heterocycles. The summed E-state index contributed by atoms with van der Waals surface area (Å²) in [5.41, 5.74) is 0.961. The Balaban J connectivity index is 2.95. The van der Waals surface area contributed by atoms with Crippen LogP contribution in [-0.4, -0.2) is 23.7 Å². The van der Waals surface area contributed by atoms with Crippen molar-refractivity contribution in [3.8, 4) is 0 Å². The van der Waals surface area contributed by atoms with Crippen molar-refractivity contribution in [1.82, 2.24) is 9.97 Å². The van der Waals surface area contributed by atoms with Crippen LogP contribution < -0.4 is 0 Å². The van der Waals surface area contributed by atoms with Gasteiger partial charge in [0.1, 0.15) is 11.0 Å². The fourth-order valence-corrected chi connectivity index (χ4v) is 1.35. The Hall–Kier alpha value is -0.670. The molecule has 4 heteroatoms. The smallest absolute Gasteiger partial charge is 0.133 e. The molecular formula is C11H17ClN2O. The van der Waals surface area contributed by atoms with Crippen molar-refractivity contribution in [3.63, 3.8) is 0 Å². The second-order valence-electron chi connectivity index (χ2n) is 4.48. The first-order chi connectivity index (χ1) is 6.93. The maximum absolute atomic E-state index is 5.94. The Morgan fingerprint density at radius 2 is 2.00 bits per heavy atom. The lowest BCUT2D eigenvalue weighted by Crippen LogP contribution is -2.16. The molecule has 1 heterocycles. The Labute approximate surface area is 95.8 Å². The number of nitrogens with zero attached hydrogens (tertiary/aromatic N) is 2. The molecule has 1 aromatic heterocycles. The highest BCUT2D eigenvalue weighted by Gasteiger charge is 2.17. The first kappa shape index (κ1) is 12.4. The zero-order valence-electron chi connectivity index (χ0n) is 9.67. The molecule has 0 radical (unpaired) electrons. The summed E-state index contributed by atoms with van der Waals surface area (Å²) in [5, 5.41) is 0.501. The van der Waals surface area contributed by atoms with Crippen LogP contribution in [0.25, 0.3) is 0 Å². The van der Waals surface area contributed by atoms with Crippen molar-refractivity contribution in [2.75, 3.05) is 13.7 Å². The monoisotopic (exact) mass is 228 g/mol. The molecule has 0 aromatic carbocycles. The van der Waals surface area contributed by atoms with Gasteiger partial charge in [0.25, 0.3) is 0 Å². The van der Waals surface area contributed by atoms with Gasteiger partial charge in [0.2, 0.25) is 0 Å². The van der Waals surface area contributed by atoms with Crippen molar-refractivity contribution in [2.45, 2.75) is 32.6 Å². The SMILES string of the molecule is COCCc1nc(Cl)cc(C(C)(C)C)n1. The molecule has 0 aliphatic rings. The number of halogens is 1. The van der Waals surface area contributed by atoms with E-state index in [2.05, 4.69) is 30.7 Å². The third-order valence-electron chi connectivity index (χ3n) is 2.04. The highest BCUT2D eigenvalue weighted by atomic mass is 35.5. The molecule has 0 N–H and O–H groups in total. The second kappa shape index (κ2) is 4.90. The van der Waals surface area contributed by atoms with E-state index in [4.69, 9.17) is 16.3 Å². The number of methoxy groups -OCH3 is 1. The van der Waals surface area contributed by atoms with E-state index in [1.165, 1.54) is 0 Å². The van der Waals surface area contributed by atoms with Crippen LogP contribution in [0, 0.1) is 0 Å².